The van der Waals surface area contributed by atoms with Crippen LogP contribution in [-0.2, 0) is 9.30 Å². The van der Waals surface area contributed by atoms with Gasteiger partial charge in [0, 0.05) is 24.4 Å². The average Bonchev–Trinajstić information content (AvgIpc) is 3.59. The third-order valence-corrected chi connectivity index (χ3v) is 7.05. The van der Waals surface area contributed by atoms with Gasteiger partial charge in [0.15, 0.2) is 5.82 Å². The molecule has 1 saturated carbocycles. The van der Waals surface area contributed by atoms with Crippen LogP contribution in [0.4, 0.5) is 10.1 Å². The van der Waals surface area contributed by atoms with Crippen molar-refractivity contribution in [3.8, 4) is 22.0 Å². The van der Waals surface area contributed by atoms with Gasteiger partial charge in [-0.3, -0.25) is 19.0 Å². The first-order valence-electron chi connectivity index (χ1n) is 11.5. The van der Waals surface area contributed by atoms with E-state index in [1.54, 1.807) is 16.3 Å². The number of carbonyl (C=O) groups excluding carboxylic acids is 1. The Morgan fingerprint density at radius 1 is 1.32 bits per heavy atom. The third kappa shape index (κ3) is 5.81. The Morgan fingerprint density at radius 2 is 2.13 bits per heavy atom. The molecule has 38 heavy (non-hydrogen) atoms. The molecular formula is C22H23FN7O6PS. The predicted molar refractivity (Wildman–Crippen MR) is 134 cm³/mol. The molecule has 4 aromatic rings. The summed E-state index contributed by atoms with van der Waals surface area (Å²) in [6.07, 6.45) is 6.71. The number of thiazole rings is 1. The highest BCUT2D eigenvalue weighted by atomic mass is 32.1. The first-order valence-corrected chi connectivity index (χ1v) is 14.2. The molecule has 1 aliphatic carbocycles. The number of anilines is 1. The lowest BCUT2D eigenvalue weighted by Gasteiger charge is -2.34. The molecule has 1 aliphatic rings. The van der Waals surface area contributed by atoms with E-state index in [9.17, 15) is 13.8 Å². The van der Waals surface area contributed by atoms with Crippen LogP contribution in [0.2, 0.25) is 0 Å². The number of ether oxygens (including phenoxy) is 1. The third-order valence-electron chi connectivity index (χ3n) is 5.71. The second-order valence-electron chi connectivity index (χ2n) is 8.45. The molecule has 4 aromatic heterocycles. The number of rotatable bonds is 10. The molecule has 16 heteroatoms. The predicted octanol–water partition coefficient (Wildman–Crippen LogP) is 2.96. The maximum absolute atomic E-state index is 14.6. The Labute approximate surface area is 219 Å². The highest BCUT2D eigenvalue weighted by Crippen LogP contribution is 2.37. The summed E-state index contributed by atoms with van der Waals surface area (Å²) in [6, 6.07) is 2.80. The summed E-state index contributed by atoms with van der Waals surface area (Å²) in [6.45, 7) is 2.56. The van der Waals surface area contributed by atoms with Crippen molar-refractivity contribution in [2.24, 2.45) is 0 Å². The number of aromatic nitrogens is 6. The Kier molecular flexibility index (Phi) is 7.36. The zero-order chi connectivity index (χ0) is 26.9. The van der Waals surface area contributed by atoms with E-state index in [1.165, 1.54) is 42.1 Å². The highest BCUT2D eigenvalue weighted by molar-refractivity contribution is 7.51. The van der Waals surface area contributed by atoms with Gasteiger partial charge >= 0.3 is 7.60 Å². The number of carbonyl (C=O) groups is 1. The summed E-state index contributed by atoms with van der Waals surface area (Å²) in [5.41, 5.74) is 1.10. The van der Waals surface area contributed by atoms with E-state index in [-0.39, 0.29) is 29.2 Å². The quantitative estimate of drug-likeness (QED) is 0.244. The van der Waals surface area contributed by atoms with E-state index in [1.807, 2.05) is 6.92 Å². The molecule has 200 valence electrons. The van der Waals surface area contributed by atoms with E-state index in [2.05, 4.69) is 25.5 Å². The summed E-state index contributed by atoms with van der Waals surface area (Å²) in [7, 11) is -4.37. The van der Waals surface area contributed by atoms with E-state index in [4.69, 9.17) is 19.4 Å². The maximum Gasteiger partial charge on any atom is 0.365 e. The molecule has 13 nitrogen and oxygen atoms in total. The van der Waals surface area contributed by atoms with E-state index < -0.39 is 25.7 Å². The largest absolute Gasteiger partial charge is 0.384 e. The van der Waals surface area contributed by atoms with Gasteiger partial charge in [-0.25, -0.2) is 9.37 Å². The van der Waals surface area contributed by atoms with Crippen LogP contribution in [0.15, 0.2) is 42.3 Å². The zero-order valence-electron chi connectivity index (χ0n) is 20.0. The number of nitrogens with zero attached hydrogens (tertiary/aromatic N) is 6. The van der Waals surface area contributed by atoms with Gasteiger partial charge in [-0.1, -0.05) is 0 Å². The second kappa shape index (κ2) is 10.7. The number of halogens is 1. The number of pyridine rings is 1. The van der Waals surface area contributed by atoms with E-state index >= 15 is 0 Å². The standard InChI is InChI=1S/C22H23FN7O6PS/c1-2-35-15-6-14(7-15)29-10-17(20(28-29)19-16(23)4-3-5-24-19)26-21(31)18-11-38-22(27-18)13-8-25-30(9-13)36-12-37(32,33)34/h3-5,8-11,14-15H,2,6-7,12H2,1H3,(H,26,31)(H2,32,33,34). The van der Waals surface area contributed by atoms with Crippen molar-refractivity contribution in [3.05, 3.63) is 53.8 Å². The van der Waals surface area contributed by atoms with Crippen LogP contribution in [0.5, 0.6) is 0 Å². The van der Waals surface area contributed by atoms with Crippen molar-refractivity contribution in [3.63, 3.8) is 0 Å². The molecule has 0 spiro atoms. The van der Waals surface area contributed by atoms with Crippen LogP contribution in [0.3, 0.4) is 0 Å². The lowest BCUT2D eigenvalue weighted by Crippen LogP contribution is -2.33. The van der Waals surface area contributed by atoms with Crippen LogP contribution in [0, 0.1) is 5.82 Å². The molecule has 0 unspecified atom stereocenters. The maximum atomic E-state index is 14.6. The number of hydrogen-bond donors (Lipinski definition) is 3. The van der Waals surface area contributed by atoms with Crippen molar-refractivity contribution in [2.45, 2.75) is 31.9 Å². The molecule has 5 rings (SSSR count). The topological polar surface area (TPSA) is 167 Å². The second-order valence-corrected chi connectivity index (χ2v) is 10.9. The minimum Gasteiger partial charge on any atom is -0.384 e. The van der Waals surface area contributed by atoms with Crippen LogP contribution in [0.1, 0.15) is 36.3 Å². The van der Waals surface area contributed by atoms with E-state index in [0.29, 0.717) is 22.9 Å². The SMILES string of the molecule is CCOC1CC(n2cc(NC(=O)c3csc(-c4cnn(OCP(=O)(O)O)c4)n3)c(-c3ncccc3F)n2)C1. The minimum absolute atomic E-state index is 0.0175. The lowest BCUT2D eigenvalue weighted by molar-refractivity contribution is -0.0226. The fourth-order valence-electron chi connectivity index (χ4n) is 3.85. The van der Waals surface area contributed by atoms with Crippen molar-refractivity contribution in [1.29, 1.82) is 0 Å². The Balaban J connectivity index is 1.34. The smallest absolute Gasteiger partial charge is 0.365 e. The number of amides is 1. The fraction of sp³-hybridized carbons (Fsp3) is 0.318. The van der Waals surface area contributed by atoms with E-state index in [0.717, 1.165) is 17.7 Å². The Bertz CT molecular complexity index is 1490. The van der Waals surface area contributed by atoms with Gasteiger partial charge in [0.05, 0.1) is 35.8 Å². The summed E-state index contributed by atoms with van der Waals surface area (Å²) in [5.74, 6) is -1.10. The monoisotopic (exact) mass is 563 g/mol. The molecule has 0 aromatic carbocycles. The fourth-order valence-corrected chi connectivity index (χ4v) is 4.89. The molecule has 1 fully saturated rings. The first kappa shape index (κ1) is 26.1. The summed E-state index contributed by atoms with van der Waals surface area (Å²) in [4.78, 5) is 45.2. The Morgan fingerprint density at radius 3 is 2.87 bits per heavy atom. The van der Waals surface area contributed by atoms with Gasteiger partial charge in [0.2, 0.25) is 6.35 Å². The summed E-state index contributed by atoms with van der Waals surface area (Å²) >= 11 is 1.17. The van der Waals surface area contributed by atoms with Crippen LogP contribution < -0.4 is 10.2 Å². The molecule has 0 atom stereocenters. The van der Waals surface area contributed by atoms with Gasteiger partial charge in [0.25, 0.3) is 5.91 Å². The van der Waals surface area contributed by atoms with Crippen molar-refractivity contribution < 1.29 is 33.1 Å². The lowest BCUT2D eigenvalue weighted by atomic mass is 9.89. The van der Waals surface area contributed by atoms with Crippen molar-refractivity contribution in [1.82, 2.24) is 29.7 Å². The zero-order valence-corrected chi connectivity index (χ0v) is 21.7. The van der Waals surface area contributed by atoms with Gasteiger partial charge in [-0.2, -0.15) is 5.10 Å². The minimum atomic E-state index is -4.37. The molecular weight excluding hydrogens is 540 g/mol. The van der Waals surface area contributed by atoms with Crippen molar-refractivity contribution in [2.75, 3.05) is 18.3 Å². The number of nitrogens with one attached hydrogen (secondary N) is 1. The molecule has 4 heterocycles. The number of hydrogen-bond acceptors (Lipinski definition) is 9. The Hall–Kier alpha value is -3.49. The van der Waals surface area contributed by atoms with Gasteiger partial charge in [0.1, 0.15) is 22.1 Å². The van der Waals surface area contributed by atoms with Gasteiger partial charge in [-0.15, -0.1) is 21.3 Å². The van der Waals surface area contributed by atoms with Crippen molar-refractivity contribution >= 4 is 30.5 Å². The molecule has 0 aliphatic heterocycles. The molecule has 3 N–H and O–H groups in total. The molecule has 1 amide bonds. The molecule has 0 bridgehead atoms. The van der Waals surface area contributed by atoms with Gasteiger partial charge in [-0.05, 0) is 31.9 Å². The summed E-state index contributed by atoms with van der Waals surface area (Å²) in [5, 5.41) is 13.2. The summed E-state index contributed by atoms with van der Waals surface area (Å²) < 4.78 is 32.9. The van der Waals surface area contributed by atoms with Gasteiger partial charge < -0.3 is 24.7 Å². The van der Waals surface area contributed by atoms with Crippen LogP contribution in [-0.4, -0.2) is 64.4 Å². The normalized spacial score (nSPS) is 17.3. The van der Waals surface area contributed by atoms with Crippen LogP contribution in [0.25, 0.3) is 22.0 Å². The van der Waals surface area contributed by atoms with Crippen LogP contribution >= 0.6 is 18.9 Å². The average molecular weight is 564 g/mol. The molecule has 0 radical (unpaired) electrons. The molecule has 0 saturated heterocycles. The highest BCUT2D eigenvalue weighted by Gasteiger charge is 2.33. The first-order chi connectivity index (χ1) is 18.2.